The van der Waals surface area contributed by atoms with Gasteiger partial charge in [0.1, 0.15) is 11.9 Å². The van der Waals surface area contributed by atoms with Crippen molar-refractivity contribution in [3.8, 4) is 0 Å². The molecule has 3 heterocycles. The lowest BCUT2D eigenvalue weighted by atomic mass is 9.86. The van der Waals surface area contributed by atoms with Crippen molar-refractivity contribution >= 4 is 28.4 Å². The fourth-order valence-electron chi connectivity index (χ4n) is 5.62. The van der Waals surface area contributed by atoms with Gasteiger partial charge in [-0.05, 0) is 41.3 Å². The maximum absolute atomic E-state index is 13.8. The molecule has 6 rings (SSSR count). The van der Waals surface area contributed by atoms with E-state index in [0.717, 1.165) is 27.7 Å². The first-order chi connectivity index (χ1) is 17.9. The predicted molar refractivity (Wildman–Crippen MR) is 133 cm³/mol. The molecule has 2 aliphatic rings. The number of hydrogen-bond donors (Lipinski definition) is 3. The van der Waals surface area contributed by atoms with Crippen molar-refractivity contribution in [2.24, 2.45) is 0 Å². The Hall–Kier alpha value is -4.05. The summed E-state index contributed by atoms with van der Waals surface area (Å²) in [6.07, 6.45) is 0.876. The molecule has 0 aliphatic carbocycles. The largest absolute Gasteiger partial charge is 0.595 e. The fourth-order valence-corrected chi connectivity index (χ4v) is 5.62. The van der Waals surface area contributed by atoms with Gasteiger partial charge in [0.2, 0.25) is 11.8 Å². The molecule has 1 aromatic heterocycles. The van der Waals surface area contributed by atoms with E-state index in [9.17, 15) is 24.4 Å². The van der Waals surface area contributed by atoms with E-state index in [1.54, 1.807) is 40.1 Å². The van der Waals surface area contributed by atoms with Crippen molar-refractivity contribution in [3.63, 3.8) is 0 Å². The Kier molecular flexibility index (Phi) is 5.75. The van der Waals surface area contributed by atoms with E-state index < -0.39 is 17.3 Å². The summed E-state index contributed by atoms with van der Waals surface area (Å²) in [6, 6.07) is 19.2. The van der Waals surface area contributed by atoms with Crippen LogP contribution in [-0.2, 0) is 22.4 Å². The van der Waals surface area contributed by atoms with Gasteiger partial charge in [-0.3, -0.25) is 9.59 Å². The number of nitrogens with one attached hydrogen (secondary N) is 2. The molecule has 0 radical (unpaired) electrons. The third kappa shape index (κ3) is 4.07. The first kappa shape index (κ1) is 23.4. The molecule has 37 heavy (non-hydrogen) atoms. The third-order valence-electron chi connectivity index (χ3n) is 7.38. The summed E-state index contributed by atoms with van der Waals surface area (Å²) in [5.41, 5.74) is 4.31. The molecule has 3 aromatic carbocycles. The Morgan fingerprint density at radius 3 is 2.62 bits per heavy atom. The highest BCUT2D eigenvalue weighted by Gasteiger charge is 2.48. The van der Waals surface area contributed by atoms with E-state index in [1.807, 2.05) is 24.3 Å². The lowest BCUT2D eigenvalue weighted by molar-refractivity contribution is -0.991. The number of nitrogens with zero attached hydrogens (tertiary/aromatic N) is 2. The van der Waals surface area contributed by atoms with Crippen LogP contribution < -0.4 is 5.23 Å². The first-order valence-electron chi connectivity index (χ1n) is 12.2. The molecule has 2 aliphatic heterocycles. The van der Waals surface area contributed by atoms with Gasteiger partial charge in [0, 0.05) is 41.7 Å². The number of piperazine rings is 1. The second-order valence-corrected chi connectivity index (χ2v) is 9.55. The molecule has 0 spiro atoms. The average molecular weight is 501 g/mol. The monoisotopic (exact) mass is 500 g/mol. The van der Waals surface area contributed by atoms with Crippen LogP contribution in [0.1, 0.15) is 28.4 Å². The second-order valence-electron chi connectivity index (χ2n) is 9.55. The zero-order valence-electron chi connectivity index (χ0n) is 19.9. The van der Waals surface area contributed by atoms with E-state index in [0.29, 0.717) is 24.9 Å². The van der Waals surface area contributed by atoms with Gasteiger partial charge in [0.05, 0.1) is 12.6 Å². The van der Waals surface area contributed by atoms with E-state index in [-0.39, 0.29) is 29.9 Å². The number of para-hydroxylation sites is 1. The number of aromatic nitrogens is 1. The fraction of sp³-hybridized carbons (Fsp3) is 0.214. The van der Waals surface area contributed by atoms with Gasteiger partial charge in [-0.2, -0.15) is 5.23 Å². The zero-order chi connectivity index (χ0) is 25.7. The molecular weight excluding hydrogens is 475 g/mol. The Morgan fingerprint density at radius 1 is 1.05 bits per heavy atom. The van der Waals surface area contributed by atoms with Crippen molar-refractivity contribution in [2.45, 2.75) is 24.9 Å². The lowest BCUT2D eigenvalue weighted by Crippen LogP contribution is -2.99. The molecule has 0 saturated carbocycles. The minimum Gasteiger partial charge on any atom is -0.595 e. The summed E-state index contributed by atoms with van der Waals surface area (Å²) in [4.78, 5) is 34.0. The normalized spacial score (nSPS) is 20.2. The SMILES string of the molecule is O=C1[C@@H]2Cc3c([nH]c4ccccc34)C(c3cccc([NH+]([O-])O)c3)N2C(=O)CN1CCc1ccc(F)cc1. The molecule has 4 aromatic rings. The van der Waals surface area contributed by atoms with Crippen LogP contribution >= 0.6 is 0 Å². The van der Waals surface area contributed by atoms with Gasteiger partial charge in [-0.25, -0.2) is 9.60 Å². The maximum atomic E-state index is 13.8. The van der Waals surface area contributed by atoms with Gasteiger partial charge in [0.25, 0.3) is 0 Å². The van der Waals surface area contributed by atoms with E-state index in [1.165, 1.54) is 18.2 Å². The summed E-state index contributed by atoms with van der Waals surface area (Å²) in [5, 5.41) is 21.2. The highest BCUT2D eigenvalue weighted by molar-refractivity contribution is 5.97. The van der Waals surface area contributed by atoms with Crippen LogP contribution in [-0.4, -0.2) is 50.9 Å². The smallest absolute Gasteiger partial charge is 0.246 e. The van der Waals surface area contributed by atoms with Crippen LogP contribution in [0.2, 0.25) is 0 Å². The van der Waals surface area contributed by atoms with Crippen LogP contribution in [0.3, 0.4) is 0 Å². The Labute approximate surface area is 212 Å². The number of H-pyrrole nitrogens is 1. The summed E-state index contributed by atoms with van der Waals surface area (Å²) in [7, 11) is 0. The predicted octanol–water partition coefficient (Wildman–Crippen LogP) is 2.64. The molecule has 2 amide bonds. The topological polar surface area (TPSA) is 104 Å². The van der Waals surface area contributed by atoms with Crippen molar-refractivity contribution in [1.82, 2.24) is 14.8 Å². The molecule has 1 saturated heterocycles. The number of benzene rings is 3. The van der Waals surface area contributed by atoms with Crippen LogP contribution in [0, 0.1) is 11.0 Å². The number of amides is 2. The first-order valence-corrected chi connectivity index (χ1v) is 12.2. The summed E-state index contributed by atoms with van der Waals surface area (Å²) in [6.45, 7) is 0.279. The summed E-state index contributed by atoms with van der Waals surface area (Å²) < 4.78 is 13.3. The zero-order valence-corrected chi connectivity index (χ0v) is 19.9. The molecular formula is C28H25FN4O4. The number of carbonyl (C=O) groups excluding carboxylic acids is 2. The molecule has 2 unspecified atom stereocenters. The van der Waals surface area contributed by atoms with Crippen LogP contribution in [0.25, 0.3) is 10.9 Å². The number of quaternary nitrogens is 1. The van der Waals surface area contributed by atoms with Crippen LogP contribution in [0.4, 0.5) is 10.1 Å². The quantitative estimate of drug-likeness (QED) is 0.367. The average Bonchev–Trinajstić information content (AvgIpc) is 3.28. The van der Waals surface area contributed by atoms with E-state index in [4.69, 9.17) is 0 Å². The second kappa shape index (κ2) is 9.11. The molecule has 0 bridgehead atoms. The Morgan fingerprint density at radius 2 is 1.84 bits per heavy atom. The van der Waals surface area contributed by atoms with E-state index >= 15 is 0 Å². The number of hydrogen-bond acceptors (Lipinski definition) is 4. The molecule has 8 nitrogen and oxygen atoms in total. The number of halogens is 1. The van der Waals surface area contributed by atoms with E-state index in [2.05, 4.69) is 4.98 Å². The number of fused-ring (bicyclic) bond motifs is 4. The van der Waals surface area contributed by atoms with Crippen LogP contribution in [0.5, 0.6) is 0 Å². The number of aromatic amines is 1. The minimum atomic E-state index is -1.06. The number of carbonyl (C=O) groups is 2. The molecule has 9 heteroatoms. The van der Waals surface area contributed by atoms with Crippen molar-refractivity contribution in [1.29, 1.82) is 0 Å². The Balaban J connectivity index is 1.39. The van der Waals surface area contributed by atoms with Gasteiger partial charge in [0.15, 0.2) is 5.69 Å². The van der Waals surface area contributed by atoms with Gasteiger partial charge < -0.3 is 20.0 Å². The Bertz CT molecular complexity index is 1500. The lowest BCUT2D eigenvalue weighted by Gasteiger charge is -2.47. The molecule has 1 fully saturated rings. The van der Waals surface area contributed by atoms with Gasteiger partial charge in [-0.15, -0.1) is 0 Å². The standard InChI is InChI=1S/C28H25FN4O4/c29-19-10-8-17(9-11-19)12-13-31-16-25(34)32-24(28(31)35)15-22-21-6-1-2-7-23(21)30-26(22)27(32)18-4-3-5-20(14-18)33(36)37/h1-11,14,24,27,30,33,36H,12-13,15-16H2/t24-,27?/m0/s1. The van der Waals surface area contributed by atoms with Crippen molar-refractivity contribution in [2.75, 3.05) is 13.1 Å². The molecule has 188 valence electrons. The maximum Gasteiger partial charge on any atom is 0.246 e. The van der Waals surface area contributed by atoms with Crippen molar-refractivity contribution in [3.05, 3.63) is 106 Å². The summed E-state index contributed by atoms with van der Waals surface area (Å²) in [5.74, 6) is -0.658. The van der Waals surface area contributed by atoms with Crippen LogP contribution in [0.15, 0.2) is 72.8 Å². The third-order valence-corrected chi connectivity index (χ3v) is 7.38. The highest BCUT2D eigenvalue weighted by Crippen LogP contribution is 2.42. The summed E-state index contributed by atoms with van der Waals surface area (Å²) >= 11 is 0. The number of rotatable bonds is 5. The molecule has 3 N–H and O–H groups in total. The molecule has 3 atom stereocenters. The highest BCUT2D eigenvalue weighted by atomic mass is 19.1. The van der Waals surface area contributed by atoms with Gasteiger partial charge >= 0.3 is 0 Å². The minimum absolute atomic E-state index is 0.0682. The van der Waals surface area contributed by atoms with Crippen molar-refractivity contribution < 1.29 is 24.4 Å². The van der Waals surface area contributed by atoms with Gasteiger partial charge in [-0.1, -0.05) is 42.5 Å².